The van der Waals surface area contributed by atoms with Gasteiger partial charge in [-0.2, -0.15) is 0 Å². The van der Waals surface area contributed by atoms with E-state index in [1.807, 2.05) is 16.7 Å². The van der Waals surface area contributed by atoms with Crippen LogP contribution in [0, 0.1) is 11.8 Å². The smallest absolute Gasteiger partial charge is 0.210 e. The van der Waals surface area contributed by atoms with Gasteiger partial charge in [-0.3, -0.25) is 0 Å². The maximum atomic E-state index is 9.71. The van der Waals surface area contributed by atoms with Crippen molar-refractivity contribution in [2.24, 2.45) is 0 Å². The molecule has 27 heavy (non-hydrogen) atoms. The molecule has 0 radical (unpaired) electrons. The Kier molecular flexibility index (Phi) is 6.42. The fourth-order valence-corrected chi connectivity index (χ4v) is 2.77. The molecular weight excluding hydrogens is 342 g/mol. The van der Waals surface area contributed by atoms with E-state index in [9.17, 15) is 5.11 Å². The van der Waals surface area contributed by atoms with Gasteiger partial charge in [-0.25, -0.2) is 4.98 Å². The molecule has 1 atom stereocenters. The Balaban J connectivity index is 1.62. The first-order chi connectivity index (χ1) is 13.2. The van der Waals surface area contributed by atoms with Crippen LogP contribution in [0.5, 0.6) is 0 Å². The van der Waals surface area contributed by atoms with E-state index in [-0.39, 0.29) is 6.61 Å². The van der Waals surface area contributed by atoms with Crippen molar-refractivity contribution in [2.45, 2.75) is 38.8 Å². The lowest BCUT2D eigenvalue weighted by Crippen LogP contribution is -2.07. The van der Waals surface area contributed by atoms with Gasteiger partial charge < -0.3 is 19.3 Å². The number of hydrogen-bond donors (Lipinski definition) is 2. The minimum absolute atomic E-state index is 0.240. The molecule has 0 saturated carbocycles. The third-order valence-electron chi connectivity index (χ3n) is 4.17. The molecule has 6 heteroatoms. The number of nitrogens with zero attached hydrogens (tertiary/aromatic N) is 3. The van der Waals surface area contributed by atoms with Gasteiger partial charge in [0, 0.05) is 30.6 Å². The van der Waals surface area contributed by atoms with E-state index in [2.05, 4.69) is 34.1 Å². The molecule has 0 aliphatic heterocycles. The van der Waals surface area contributed by atoms with Crippen molar-refractivity contribution >= 4 is 0 Å². The lowest BCUT2D eigenvalue weighted by atomic mass is 10.1. The molecule has 0 unspecified atom stereocenters. The number of rotatable bonds is 7. The summed E-state index contributed by atoms with van der Waals surface area (Å²) >= 11 is 0. The lowest BCUT2D eigenvalue weighted by molar-refractivity contribution is 0.184. The van der Waals surface area contributed by atoms with E-state index in [4.69, 9.17) is 9.63 Å². The molecule has 2 N–H and O–H groups in total. The zero-order valence-electron chi connectivity index (χ0n) is 15.3. The number of imidazole rings is 1. The van der Waals surface area contributed by atoms with Gasteiger partial charge in [0.25, 0.3) is 0 Å². The van der Waals surface area contributed by atoms with Gasteiger partial charge in [-0.05, 0) is 49.8 Å². The van der Waals surface area contributed by atoms with Crippen molar-refractivity contribution in [3.8, 4) is 11.8 Å². The summed E-state index contributed by atoms with van der Waals surface area (Å²) in [5, 5.41) is 22.6. The van der Waals surface area contributed by atoms with Crippen molar-refractivity contribution in [1.82, 2.24) is 14.7 Å². The normalized spacial score (nSPS) is 11.8. The Morgan fingerprint density at radius 3 is 2.74 bits per heavy atom. The van der Waals surface area contributed by atoms with Gasteiger partial charge in [0.2, 0.25) is 5.76 Å². The second kappa shape index (κ2) is 9.17. The molecule has 2 heterocycles. The molecule has 3 aromatic rings. The summed E-state index contributed by atoms with van der Waals surface area (Å²) in [5.41, 5.74) is 2.87. The molecule has 0 spiro atoms. The summed E-state index contributed by atoms with van der Waals surface area (Å²) in [6.45, 7) is 2.38. The number of aliphatic hydroxyl groups excluding tert-OH is 2. The van der Waals surface area contributed by atoms with E-state index < -0.39 is 6.10 Å². The van der Waals surface area contributed by atoms with Gasteiger partial charge in [-0.1, -0.05) is 23.2 Å². The van der Waals surface area contributed by atoms with Crippen LogP contribution >= 0.6 is 0 Å². The number of aromatic nitrogens is 3. The second-order valence-electron chi connectivity index (χ2n) is 6.40. The minimum Gasteiger partial charge on any atom is -0.396 e. The first-order valence-electron chi connectivity index (χ1n) is 9.02. The third-order valence-corrected chi connectivity index (χ3v) is 4.17. The van der Waals surface area contributed by atoms with Gasteiger partial charge in [0.1, 0.15) is 17.6 Å². The van der Waals surface area contributed by atoms with Crippen molar-refractivity contribution < 1.29 is 14.7 Å². The highest BCUT2D eigenvalue weighted by Crippen LogP contribution is 2.12. The molecule has 140 valence electrons. The monoisotopic (exact) mass is 365 g/mol. The van der Waals surface area contributed by atoms with Gasteiger partial charge >= 0.3 is 0 Å². The van der Waals surface area contributed by atoms with Crippen molar-refractivity contribution in [3.05, 3.63) is 71.1 Å². The molecule has 0 amide bonds. The average molecular weight is 365 g/mol. The quantitative estimate of drug-likeness (QED) is 0.497. The molecule has 2 aromatic heterocycles. The van der Waals surface area contributed by atoms with Crippen LogP contribution in [0.3, 0.4) is 0 Å². The average Bonchev–Trinajstić information content (AvgIpc) is 3.31. The molecule has 0 aliphatic rings. The van der Waals surface area contributed by atoms with Crippen LogP contribution in [0.4, 0.5) is 0 Å². The standard InChI is InChI=1S/C21H23N3O3/c1-16(26)21-22-11-12-24(21)15-19-14-20(27-23-19)10-9-18-7-5-17(6-8-18)4-2-3-13-25/h5-8,11-12,14,16,25-26H,2-4,13,15H2,1H3/t16-/m0/s1. The molecule has 0 fully saturated rings. The Labute approximate surface area is 158 Å². The van der Waals surface area contributed by atoms with E-state index >= 15 is 0 Å². The SMILES string of the molecule is C[C@H](O)c1nccn1Cc1cc(C#Cc2ccc(CCCCO)cc2)on1. The number of hydrogen-bond acceptors (Lipinski definition) is 5. The van der Waals surface area contributed by atoms with Crippen LogP contribution in [0.15, 0.2) is 47.2 Å². The van der Waals surface area contributed by atoms with Crippen LogP contribution in [0.2, 0.25) is 0 Å². The van der Waals surface area contributed by atoms with Crippen LogP contribution in [0.25, 0.3) is 0 Å². The van der Waals surface area contributed by atoms with E-state index in [0.29, 0.717) is 18.1 Å². The number of aliphatic hydroxyl groups is 2. The first kappa shape index (κ1) is 18.9. The van der Waals surface area contributed by atoms with Gasteiger partial charge in [0.15, 0.2) is 0 Å². The summed E-state index contributed by atoms with van der Waals surface area (Å²) in [6.07, 6.45) is 5.57. The summed E-state index contributed by atoms with van der Waals surface area (Å²) in [6, 6.07) is 9.88. The fraction of sp³-hybridized carbons (Fsp3) is 0.333. The topological polar surface area (TPSA) is 84.3 Å². The summed E-state index contributed by atoms with van der Waals surface area (Å²) in [5.74, 6) is 7.14. The zero-order chi connectivity index (χ0) is 19.1. The zero-order valence-corrected chi connectivity index (χ0v) is 15.3. The van der Waals surface area contributed by atoms with Crippen molar-refractivity contribution in [1.29, 1.82) is 0 Å². The van der Waals surface area contributed by atoms with Gasteiger partial charge in [0.05, 0.1) is 6.54 Å². The predicted molar refractivity (Wildman–Crippen MR) is 101 cm³/mol. The maximum absolute atomic E-state index is 9.71. The van der Waals surface area contributed by atoms with E-state index in [0.717, 1.165) is 30.5 Å². The second-order valence-corrected chi connectivity index (χ2v) is 6.40. The maximum Gasteiger partial charge on any atom is 0.210 e. The van der Waals surface area contributed by atoms with Crippen LogP contribution in [-0.2, 0) is 13.0 Å². The molecule has 1 aromatic carbocycles. The fourth-order valence-electron chi connectivity index (χ4n) is 2.77. The van der Waals surface area contributed by atoms with Crippen molar-refractivity contribution in [3.63, 3.8) is 0 Å². The third kappa shape index (κ3) is 5.30. The van der Waals surface area contributed by atoms with Gasteiger partial charge in [-0.15, -0.1) is 0 Å². The van der Waals surface area contributed by atoms with E-state index in [1.54, 1.807) is 25.4 Å². The largest absolute Gasteiger partial charge is 0.396 e. The molecule has 0 aliphatic carbocycles. The van der Waals surface area contributed by atoms with Crippen LogP contribution < -0.4 is 0 Å². The molecule has 0 saturated heterocycles. The number of aryl methyl sites for hydroxylation is 1. The Hall–Kier alpha value is -2.88. The summed E-state index contributed by atoms with van der Waals surface area (Å²) in [4.78, 5) is 4.14. The Bertz CT molecular complexity index is 914. The molecule has 0 bridgehead atoms. The lowest BCUT2D eigenvalue weighted by Gasteiger charge is -2.07. The molecular formula is C21H23N3O3. The summed E-state index contributed by atoms with van der Waals surface area (Å²) in [7, 11) is 0. The van der Waals surface area contributed by atoms with Crippen LogP contribution in [-0.4, -0.2) is 31.5 Å². The highest BCUT2D eigenvalue weighted by molar-refractivity contribution is 5.40. The summed E-state index contributed by atoms with van der Waals surface area (Å²) < 4.78 is 7.11. The Morgan fingerprint density at radius 1 is 1.19 bits per heavy atom. The molecule has 3 rings (SSSR count). The molecule has 6 nitrogen and oxygen atoms in total. The Morgan fingerprint density at radius 2 is 2.00 bits per heavy atom. The number of benzene rings is 1. The van der Waals surface area contributed by atoms with Crippen molar-refractivity contribution in [2.75, 3.05) is 6.61 Å². The predicted octanol–water partition coefficient (Wildman–Crippen LogP) is 2.69. The minimum atomic E-state index is -0.641. The van der Waals surface area contributed by atoms with Crippen LogP contribution in [0.1, 0.15) is 54.3 Å². The highest BCUT2D eigenvalue weighted by Gasteiger charge is 2.10. The highest BCUT2D eigenvalue weighted by atomic mass is 16.5. The number of unbranched alkanes of at least 4 members (excludes halogenated alkanes) is 1. The van der Waals surface area contributed by atoms with E-state index in [1.165, 1.54) is 5.56 Å². The first-order valence-corrected chi connectivity index (χ1v) is 9.02.